The SMILES string of the molecule is COc1cc(/C=C2/C(=O)NC(=O)N(c3ccc(OCc4ccccc4)cc3)C2=O)cc(I)c1OCC(=O)Nc1ccc(C)c(Cl)c1. The molecular formula is C34H27ClIN3O7. The first-order chi connectivity index (χ1) is 22.1. The van der Waals surface area contributed by atoms with E-state index in [0.29, 0.717) is 37.9 Å². The Balaban J connectivity index is 1.30. The van der Waals surface area contributed by atoms with Crippen molar-refractivity contribution in [1.82, 2.24) is 5.32 Å². The quantitative estimate of drug-likeness (QED) is 0.107. The predicted octanol–water partition coefficient (Wildman–Crippen LogP) is 6.52. The number of ether oxygens (including phenoxy) is 3. The number of barbiturate groups is 1. The Hall–Kier alpha value is -4.88. The summed E-state index contributed by atoms with van der Waals surface area (Å²) in [6.07, 6.45) is 1.36. The molecule has 12 heteroatoms. The van der Waals surface area contributed by atoms with Crippen LogP contribution < -0.4 is 29.7 Å². The summed E-state index contributed by atoms with van der Waals surface area (Å²) >= 11 is 8.14. The number of halogens is 2. The summed E-state index contributed by atoms with van der Waals surface area (Å²) in [5.74, 6) is -0.926. The van der Waals surface area contributed by atoms with Crippen LogP contribution in [-0.2, 0) is 21.0 Å². The molecule has 5 rings (SSSR count). The van der Waals surface area contributed by atoms with Gasteiger partial charge in [-0.3, -0.25) is 19.7 Å². The Morgan fingerprint density at radius 1 is 0.978 bits per heavy atom. The Bertz CT molecular complexity index is 1850. The minimum Gasteiger partial charge on any atom is -0.493 e. The summed E-state index contributed by atoms with van der Waals surface area (Å²) in [7, 11) is 1.43. The average molecular weight is 752 g/mol. The number of hydrogen-bond donors (Lipinski definition) is 2. The molecule has 1 saturated heterocycles. The predicted molar refractivity (Wildman–Crippen MR) is 182 cm³/mol. The number of carbonyl (C=O) groups is 4. The summed E-state index contributed by atoms with van der Waals surface area (Å²) in [5.41, 5.74) is 2.84. The standard InChI is InChI=1S/C34H27ClIN3O7/c1-20-8-9-23(17-27(20)35)37-30(40)19-46-31-28(36)15-22(16-29(31)44-2)14-26-32(41)38-34(43)39(33(26)42)24-10-12-25(13-11-24)45-18-21-6-4-3-5-7-21/h3-17H,18-19H2,1-2H3,(H,37,40)(H,38,41,43)/b26-14-. The zero-order valence-corrected chi connectivity index (χ0v) is 27.5. The van der Waals surface area contributed by atoms with E-state index in [2.05, 4.69) is 10.6 Å². The van der Waals surface area contributed by atoms with Crippen LogP contribution in [0.2, 0.25) is 5.02 Å². The summed E-state index contributed by atoms with van der Waals surface area (Å²) in [6, 6.07) is 23.6. The number of nitrogens with zero attached hydrogens (tertiary/aromatic N) is 1. The molecule has 0 bridgehead atoms. The van der Waals surface area contributed by atoms with E-state index in [-0.39, 0.29) is 23.6 Å². The van der Waals surface area contributed by atoms with E-state index in [4.69, 9.17) is 25.8 Å². The molecule has 0 aliphatic carbocycles. The maximum Gasteiger partial charge on any atom is 0.335 e. The van der Waals surface area contributed by atoms with Crippen molar-refractivity contribution in [2.75, 3.05) is 23.9 Å². The number of imide groups is 2. The number of hydrogen-bond acceptors (Lipinski definition) is 7. The van der Waals surface area contributed by atoms with Crippen molar-refractivity contribution in [3.8, 4) is 17.2 Å². The second-order valence-electron chi connectivity index (χ2n) is 10.1. The van der Waals surface area contributed by atoms with Crippen LogP contribution in [0.4, 0.5) is 16.2 Å². The average Bonchev–Trinajstić information content (AvgIpc) is 3.04. The molecule has 5 amide bonds. The minimum absolute atomic E-state index is 0.258. The smallest absolute Gasteiger partial charge is 0.335 e. The number of anilines is 2. The van der Waals surface area contributed by atoms with Gasteiger partial charge in [0.05, 0.1) is 16.4 Å². The lowest BCUT2D eigenvalue weighted by atomic mass is 10.1. The van der Waals surface area contributed by atoms with Crippen LogP contribution in [0.15, 0.2) is 90.5 Å². The van der Waals surface area contributed by atoms with Crippen molar-refractivity contribution in [1.29, 1.82) is 0 Å². The molecule has 0 radical (unpaired) electrons. The fraction of sp³-hybridized carbons (Fsp3) is 0.118. The van der Waals surface area contributed by atoms with Gasteiger partial charge in [0, 0.05) is 10.7 Å². The monoisotopic (exact) mass is 751 g/mol. The van der Waals surface area contributed by atoms with Crippen LogP contribution in [0.5, 0.6) is 17.2 Å². The maximum absolute atomic E-state index is 13.5. The molecule has 10 nitrogen and oxygen atoms in total. The van der Waals surface area contributed by atoms with Gasteiger partial charge in [-0.25, -0.2) is 9.69 Å². The molecule has 0 atom stereocenters. The summed E-state index contributed by atoms with van der Waals surface area (Å²) < 4.78 is 17.6. The molecule has 1 heterocycles. The second kappa shape index (κ2) is 14.5. The Kier molecular flexibility index (Phi) is 10.2. The summed E-state index contributed by atoms with van der Waals surface area (Å²) in [5, 5.41) is 5.48. The number of urea groups is 1. The third kappa shape index (κ3) is 7.66. The Morgan fingerprint density at radius 2 is 1.72 bits per heavy atom. The van der Waals surface area contributed by atoms with Gasteiger partial charge >= 0.3 is 6.03 Å². The van der Waals surface area contributed by atoms with Crippen molar-refractivity contribution in [2.45, 2.75) is 13.5 Å². The molecule has 0 saturated carbocycles. The topological polar surface area (TPSA) is 123 Å². The molecule has 4 aromatic rings. The first-order valence-corrected chi connectivity index (χ1v) is 15.3. The first-order valence-electron chi connectivity index (χ1n) is 13.9. The lowest BCUT2D eigenvalue weighted by Gasteiger charge is -2.26. The minimum atomic E-state index is -0.868. The van der Waals surface area contributed by atoms with E-state index in [1.807, 2.05) is 59.8 Å². The number of amides is 5. The van der Waals surface area contributed by atoms with Gasteiger partial charge in [0.1, 0.15) is 17.9 Å². The molecule has 0 spiro atoms. The molecule has 0 aromatic heterocycles. The van der Waals surface area contributed by atoms with Crippen molar-refractivity contribution in [3.05, 3.63) is 116 Å². The Morgan fingerprint density at radius 3 is 2.41 bits per heavy atom. The highest BCUT2D eigenvalue weighted by molar-refractivity contribution is 14.1. The van der Waals surface area contributed by atoms with Crippen LogP contribution in [0.3, 0.4) is 0 Å². The summed E-state index contributed by atoms with van der Waals surface area (Å²) in [6.45, 7) is 1.90. The molecular weight excluding hydrogens is 725 g/mol. The number of rotatable bonds is 10. The van der Waals surface area contributed by atoms with E-state index in [0.717, 1.165) is 16.0 Å². The van der Waals surface area contributed by atoms with Gasteiger partial charge in [-0.2, -0.15) is 0 Å². The Labute approximate surface area is 283 Å². The van der Waals surface area contributed by atoms with Crippen LogP contribution in [0, 0.1) is 10.5 Å². The van der Waals surface area contributed by atoms with Crippen LogP contribution in [-0.4, -0.2) is 37.5 Å². The lowest BCUT2D eigenvalue weighted by Crippen LogP contribution is -2.54. The molecule has 1 aliphatic heterocycles. The number of benzene rings is 4. The highest BCUT2D eigenvalue weighted by Gasteiger charge is 2.37. The van der Waals surface area contributed by atoms with Gasteiger partial charge < -0.3 is 19.5 Å². The largest absolute Gasteiger partial charge is 0.493 e. The van der Waals surface area contributed by atoms with Crippen molar-refractivity contribution >= 4 is 75.4 Å². The number of aryl methyl sites for hydroxylation is 1. The van der Waals surface area contributed by atoms with Crippen molar-refractivity contribution in [3.63, 3.8) is 0 Å². The highest BCUT2D eigenvalue weighted by atomic mass is 127. The van der Waals surface area contributed by atoms with Gasteiger partial charge in [-0.1, -0.05) is 48.0 Å². The third-order valence-electron chi connectivity index (χ3n) is 6.81. The number of nitrogens with one attached hydrogen (secondary N) is 2. The van der Waals surface area contributed by atoms with Gasteiger partial charge in [-0.15, -0.1) is 0 Å². The highest BCUT2D eigenvalue weighted by Crippen LogP contribution is 2.35. The summed E-state index contributed by atoms with van der Waals surface area (Å²) in [4.78, 5) is 52.3. The number of methoxy groups -OCH3 is 1. The van der Waals surface area contributed by atoms with Crippen LogP contribution >= 0.6 is 34.2 Å². The third-order valence-corrected chi connectivity index (χ3v) is 8.02. The fourth-order valence-corrected chi connectivity index (χ4v) is 5.42. The van der Waals surface area contributed by atoms with Gasteiger partial charge in [0.15, 0.2) is 18.1 Å². The maximum atomic E-state index is 13.5. The van der Waals surface area contributed by atoms with Crippen LogP contribution in [0.1, 0.15) is 16.7 Å². The van der Waals surface area contributed by atoms with Crippen molar-refractivity contribution < 1.29 is 33.4 Å². The molecule has 4 aromatic carbocycles. The zero-order valence-electron chi connectivity index (χ0n) is 24.6. The molecule has 0 unspecified atom stereocenters. The fourth-order valence-electron chi connectivity index (χ4n) is 4.46. The molecule has 46 heavy (non-hydrogen) atoms. The van der Waals surface area contributed by atoms with E-state index in [9.17, 15) is 19.2 Å². The van der Waals surface area contributed by atoms with E-state index in [1.165, 1.54) is 13.2 Å². The van der Waals surface area contributed by atoms with E-state index in [1.54, 1.807) is 54.6 Å². The molecule has 1 aliphatic rings. The lowest BCUT2D eigenvalue weighted by molar-refractivity contribution is -0.122. The normalized spacial score (nSPS) is 13.8. The molecule has 2 N–H and O–H groups in total. The van der Waals surface area contributed by atoms with Gasteiger partial charge in [0.2, 0.25) is 0 Å². The number of carbonyl (C=O) groups excluding carboxylic acids is 4. The van der Waals surface area contributed by atoms with Crippen LogP contribution in [0.25, 0.3) is 6.08 Å². The molecule has 1 fully saturated rings. The van der Waals surface area contributed by atoms with E-state index >= 15 is 0 Å². The molecule has 234 valence electrons. The van der Waals surface area contributed by atoms with Gasteiger partial charge in [0.25, 0.3) is 17.7 Å². The zero-order chi connectivity index (χ0) is 32.8. The van der Waals surface area contributed by atoms with Crippen molar-refractivity contribution in [2.24, 2.45) is 0 Å². The second-order valence-corrected chi connectivity index (χ2v) is 11.6. The van der Waals surface area contributed by atoms with Gasteiger partial charge in [-0.05, 0) is 101 Å². The first kappa shape index (κ1) is 32.5. The van der Waals surface area contributed by atoms with E-state index < -0.39 is 23.8 Å².